The molecule has 1 atom stereocenters. The molecule has 3 aromatic heterocycles. The van der Waals surface area contributed by atoms with Gasteiger partial charge in [-0.3, -0.25) is 0 Å². The van der Waals surface area contributed by atoms with E-state index in [1.165, 1.54) is 6.20 Å². The fourth-order valence-electron chi connectivity index (χ4n) is 4.30. The van der Waals surface area contributed by atoms with Crippen LogP contribution in [0.2, 0.25) is 0 Å². The van der Waals surface area contributed by atoms with Crippen LogP contribution in [0.25, 0.3) is 22.0 Å². The van der Waals surface area contributed by atoms with Crippen LogP contribution in [0.5, 0.6) is 5.75 Å². The number of aromatic nitrogens is 4. The molecule has 0 saturated carbocycles. The Kier molecular flexibility index (Phi) is 6.68. The van der Waals surface area contributed by atoms with E-state index in [1.54, 1.807) is 36.7 Å². The van der Waals surface area contributed by atoms with Crippen LogP contribution >= 0.6 is 0 Å². The minimum Gasteiger partial charge on any atom is -0.491 e. The molecule has 0 aliphatic carbocycles. The molecule has 3 heterocycles. The molecule has 37 heavy (non-hydrogen) atoms. The summed E-state index contributed by atoms with van der Waals surface area (Å²) in [6, 6.07) is 13.5. The van der Waals surface area contributed by atoms with Crippen molar-refractivity contribution in [2.45, 2.75) is 26.3 Å². The van der Waals surface area contributed by atoms with Crippen molar-refractivity contribution in [1.82, 2.24) is 19.9 Å². The first kappa shape index (κ1) is 24.2. The third-order valence-corrected chi connectivity index (χ3v) is 6.16. The highest BCUT2D eigenvalue weighted by atomic mass is 19.1. The lowest BCUT2D eigenvalue weighted by Gasteiger charge is -2.22. The normalized spacial score (nSPS) is 12.0. The summed E-state index contributed by atoms with van der Waals surface area (Å²) >= 11 is 0. The summed E-state index contributed by atoms with van der Waals surface area (Å²) in [5.41, 5.74) is 8.60. The molecule has 0 spiro atoms. The Hall–Kier alpha value is -4.53. The number of H-pyrrole nitrogens is 1. The average molecular weight is 501 g/mol. The van der Waals surface area contributed by atoms with E-state index in [1.807, 2.05) is 38.1 Å². The van der Waals surface area contributed by atoms with Crippen LogP contribution in [0.1, 0.15) is 36.8 Å². The molecule has 7 nitrogen and oxygen atoms in total. The number of nitrogens with two attached hydrogens (primary N) is 1. The molecule has 5 aromatic rings. The van der Waals surface area contributed by atoms with Gasteiger partial charge in [0.05, 0.1) is 17.9 Å². The Morgan fingerprint density at radius 3 is 2.70 bits per heavy atom. The number of nitrogens with one attached hydrogen (secondary N) is 2. The summed E-state index contributed by atoms with van der Waals surface area (Å²) < 4.78 is 35.8. The number of rotatable bonds is 8. The predicted octanol–water partition coefficient (Wildman–Crippen LogP) is 6.04. The van der Waals surface area contributed by atoms with Crippen molar-refractivity contribution in [3.8, 4) is 17.0 Å². The first-order valence-corrected chi connectivity index (χ1v) is 12.0. The number of benzene rings is 2. The fraction of sp³-hybridized carbons (Fsp3) is 0.179. The fourth-order valence-corrected chi connectivity index (χ4v) is 4.30. The molecule has 0 amide bonds. The van der Waals surface area contributed by atoms with E-state index in [0.29, 0.717) is 41.6 Å². The second-order valence-electron chi connectivity index (χ2n) is 8.51. The van der Waals surface area contributed by atoms with E-state index in [-0.39, 0.29) is 11.3 Å². The van der Waals surface area contributed by atoms with Crippen molar-refractivity contribution in [2.24, 2.45) is 0 Å². The molecule has 0 aliphatic rings. The number of nitrogen functional groups attached to an aromatic ring is 1. The van der Waals surface area contributed by atoms with Gasteiger partial charge in [-0.1, -0.05) is 13.0 Å². The van der Waals surface area contributed by atoms with Crippen LogP contribution in [-0.4, -0.2) is 26.5 Å². The zero-order valence-corrected chi connectivity index (χ0v) is 20.4. The van der Waals surface area contributed by atoms with Gasteiger partial charge in [-0.15, -0.1) is 0 Å². The van der Waals surface area contributed by atoms with Crippen molar-refractivity contribution in [3.63, 3.8) is 0 Å². The summed E-state index contributed by atoms with van der Waals surface area (Å²) in [7, 11) is 0. The van der Waals surface area contributed by atoms with Gasteiger partial charge in [0.25, 0.3) is 0 Å². The van der Waals surface area contributed by atoms with E-state index in [9.17, 15) is 4.39 Å². The van der Waals surface area contributed by atoms with Crippen molar-refractivity contribution >= 4 is 22.3 Å². The molecule has 2 aromatic carbocycles. The monoisotopic (exact) mass is 500 g/mol. The molecule has 0 bridgehead atoms. The van der Waals surface area contributed by atoms with Gasteiger partial charge in [0, 0.05) is 35.2 Å². The zero-order chi connectivity index (χ0) is 25.9. The molecule has 0 fully saturated rings. The standard InChI is InChI=1S/C28H26F2N6O/c1-3-16-12-21(24(29)23(13-16)37-4-2)25(28-34-15-22(36-28)20-6-5-10-32-26(20)30)35-18-7-8-19-17(14-18)9-11-33-27(19)31/h5-15,25,35H,3-4H2,1-2H3,(H2,31,33)(H,34,36). The van der Waals surface area contributed by atoms with E-state index in [4.69, 9.17) is 10.5 Å². The number of nitrogens with zero attached hydrogens (tertiary/aromatic N) is 3. The first-order chi connectivity index (χ1) is 18.0. The Morgan fingerprint density at radius 1 is 1.05 bits per heavy atom. The van der Waals surface area contributed by atoms with Gasteiger partial charge in [-0.25, -0.2) is 19.3 Å². The van der Waals surface area contributed by atoms with E-state index < -0.39 is 17.8 Å². The highest BCUT2D eigenvalue weighted by Gasteiger charge is 2.25. The van der Waals surface area contributed by atoms with Crippen LogP contribution in [0, 0.1) is 11.8 Å². The van der Waals surface area contributed by atoms with Crippen LogP contribution in [0.3, 0.4) is 0 Å². The number of imidazole rings is 1. The number of fused-ring (bicyclic) bond motifs is 1. The number of ether oxygens (including phenoxy) is 1. The van der Waals surface area contributed by atoms with Crippen LogP contribution < -0.4 is 15.8 Å². The van der Waals surface area contributed by atoms with E-state index in [0.717, 1.165) is 16.3 Å². The molecular formula is C28H26F2N6O. The summed E-state index contributed by atoms with van der Waals surface area (Å²) in [4.78, 5) is 15.6. The Labute approximate surface area is 212 Å². The van der Waals surface area contributed by atoms with Gasteiger partial charge >= 0.3 is 0 Å². The molecule has 1 unspecified atom stereocenters. The van der Waals surface area contributed by atoms with Crippen molar-refractivity contribution in [1.29, 1.82) is 0 Å². The van der Waals surface area contributed by atoms with Crippen molar-refractivity contribution in [2.75, 3.05) is 17.7 Å². The largest absolute Gasteiger partial charge is 0.491 e. The van der Waals surface area contributed by atoms with Crippen molar-refractivity contribution < 1.29 is 13.5 Å². The molecule has 4 N–H and O–H groups in total. The first-order valence-electron chi connectivity index (χ1n) is 12.0. The average Bonchev–Trinajstić information content (AvgIpc) is 3.39. The Balaban J connectivity index is 1.63. The minimum absolute atomic E-state index is 0.172. The molecule has 9 heteroatoms. The molecule has 0 aliphatic heterocycles. The van der Waals surface area contributed by atoms with Crippen LogP contribution in [0.4, 0.5) is 20.3 Å². The number of aromatic amines is 1. The lowest BCUT2D eigenvalue weighted by molar-refractivity contribution is 0.319. The number of pyridine rings is 2. The molecule has 5 rings (SSSR count). The van der Waals surface area contributed by atoms with Gasteiger partial charge in [0.1, 0.15) is 17.7 Å². The lowest BCUT2D eigenvalue weighted by atomic mass is 9.99. The number of anilines is 2. The summed E-state index contributed by atoms with van der Waals surface area (Å²) in [5, 5.41) is 5.10. The van der Waals surface area contributed by atoms with Crippen LogP contribution in [0.15, 0.2) is 67.1 Å². The maximum absolute atomic E-state index is 15.8. The second-order valence-corrected chi connectivity index (χ2v) is 8.51. The SMILES string of the molecule is CCOc1cc(CC)cc(C(Nc2ccc3c(N)nccc3c2)c2nc(-c3cccnc3F)c[nH]2)c1F. The van der Waals surface area contributed by atoms with Crippen molar-refractivity contribution in [3.05, 3.63) is 95.8 Å². The third-order valence-electron chi connectivity index (χ3n) is 6.16. The smallest absolute Gasteiger partial charge is 0.222 e. The quantitative estimate of drug-likeness (QED) is 0.225. The number of hydrogen-bond donors (Lipinski definition) is 3. The topological polar surface area (TPSA) is 102 Å². The van der Waals surface area contributed by atoms with Gasteiger partial charge < -0.3 is 20.8 Å². The molecule has 0 saturated heterocycles. The minimum atomic E-state index is -0.740. The van der Waals surface area contributed by atoms with Gasteiger partial charge in [-0.2, -0.15) is 4.39 Å². The summed E-state index contributed by atoms with van der Waals surface area (Å²) in [5.74, 6) is -0.119. The number of aryl methyl sites for hydroxylation is 1. The predicted molar refractivity (Wildman–Crippen MR) is 140 cm³/mol. The maximum atomic E-state index is 15.8. The van der Waals surface area contributed by atoms with E-state index in [2.05, 4.69) is 25.3 Å². The summed E-state index contributed by atoms with van der Waals surface area (Å²) in [6.45, 7) is 4.13. The summed E-state index contributed by atoms with van der Waals surface area (Å²) in [6.07, 6.45) is 5.28. The molecular weight excluding hydrogens is 474 g/mol. The zero-order valence-electron chi connectivity index (χ0n) is 20.4. The highest BCUT2D eigenvalue weighted by Crippen LogP contribution is 2.35. The highest BCUT2D eigenvalue weighted by molar-refractivity contribution is 5.92. The van der Waals surface area contributed by atoms with Gasteiger partial charge in [-0.05, 0) is 66.8 Å². The molecule has 188 valence electrons. The number of halogens is 2. The Morgan fingerprint density at radius 2 is 1.92 bits per heavy atom. The Bertz CT molecular complexity index is 1570. The lowest BCUT2D eigenvalue weighted by Crippen LogP contribution is -2.17. The number of hydrogen-bond acceptors (Lipinski definition) is 6. The van der Waals surface area contributed by atoms with Gasteiger partial charge in [0.15, 0.2) is 11.6 Å². The molecule has 0 radical (unpaired) electrons. The van der Waals surface area contributed by atoms with Gasteiger partial charge in [0.2, 0.25) is 5.95 Å². The maximum Gasteiger partial charge on any atom is 0.222 e. The second kappa shape index (κ2) is 10.2. The van der Waals surface area contributed by atoms with Crippen LogP contribution in [-0.2, 0) is 6.42 Å². The third kappa shape index (κ3) is 4.80. The van der Waals surface area contributed by atoms with E-state index >= 15 is 4.39 Å².